The van der Waals surface area contributed by atoms with Gasteiger partial charge in [0.2, 0.25) is 0 Å². The highest BCUT2D eigenvalue weighted by Crippen LogP contribution is 2.20. The van der Waals surface area contributed by atoms with Crippen molar-refractivity contribution in [2.24, 2.45) is 0 Å². The number of quaternary nitrogens is 1. The van der Waals surface area contributed by atoms with Gasteiger partial charge in [0.1, 0.15) is 13.2 Å². The summed E-state index contributed by atoms with van der Waals surface area (Å²) < 4.78 is 22.9. The van der Waals surface area contributed by atoms with Gasteiger partial charge in [-0.3, -0.25) is 9.59 Å². The fourth-order valence-electron chi connectivity index (χ4n) is 12.8. The van der Waals surface area contributed by atoms with Crippen molar-refractivity contribution in [1.82, 2.24) is 0 Å². The normalized spacial score (nSPS) is 12.7. The van der Waals surface area contributed by atoms with Crippen molar-refractivity contribution in [1.29, 1.82) is 0 Å². The summed E-state index contributed by atoms with van der Waals surface area (Å²) in [5, 5.41) is 11.9. The Labute approximate surface area is 579 Å². The van der Waals surface area contributed by atoms with Crippen molar-refractivity contribution in [2.45, 2.75) is 450 Å². The van der Waals surface area contributed by atoms with Gasteiger partial charge in [0.25, 0.3) is 0 Å². The summed E-state index contributed by atoms with van der Waals surface area (Å²) >= 11 is 0. The Hall–Kier alpha value is -2.23. The van der Waals surface area contributed by atoms with Crippen LogP contribution in [-0.2, 0) is 33.3 Å². The van der Waals surface area contributed by atoms with Crippen molar-refractivity contribution in [3.8, 4) is 0 Å². The number of allylic oxidation sites excluding steroid dienone is 4. The molecule has 0 aliphatic rings. The number of unbranched alkanes of at least 4 members (excludes halogenated alkanes) is 60. The zero-order valence-electron chi connectivity index (χ0n) is 63.2. The minimum absolute atomic E-state index is 0.152. The summed E-state index contributed by atoms with van der Waals surface area (Å²) in [6.45, 7) is 4.84. The Morgan fingerprint density at radius 2 is 0.548 bits per heavy atom. The molecule has 0 spiro atoms. The highest BCUT2D eigenvalue weighted by Gasteiger charge is 2.22. The number of hydrogen-bond donors (Lipinski definition) is 0. The lowest BCUT2D eigenvalue weighted by molar-refractivity contribution is -0.870. The van der Waals surface area contributed by atoms with Gasteiger partial charge in [-0.05, 0) is 64.2 Å². The van der Waals surface area contributed by atoms with E-state index in [0.29, 0.717) is 17.4 Å². The fourth-order valence-corrected chi connectivity index (χ4v) is 12.8. The van der Waals surface area contributed by atoms with Crippen molar-refractivity contribution in [2.75, 3.05) is 47.5 Å². The molecule has 9 heteroatoms. The smallest absolute Gasteiger partial charge is 0.306 e. The van der Waals surface area contributed by atoms with Gasteiger partial charge in [0.05, 0.1) is 40.3 Å². The second-order valence-electron chi connectivity index (χ2n) is 29.8. The van der Waals surface area contributed by atoms with Gasteiger partial charge in [-0.1, -0.05) is 385 Å². The number of esters is 2. The van der Waals surface area contributed by atoms with E-state index < -0.39 is 24.3 Å². The molecule has 0 saturated carbocycles. The molecule has 2 unspecified atom stereocenters. The summed E-state index contributed by atoms with van der Waals surface area (Å²) in [6.07, 6.45) is 93.2. The van der Waals surface area contributed by atoms with Crippen LogP contribution in [0.4, 0.5) is 0 Å². The Morgan fingerprint density at radius 1 is 0.312 bits per heavy atom. The quantitative estimate of drug-likeness (QED) is 0.0195. The molecular weight excluding hydrogens is 1150 g/mol. The number of aliphatic carboxylic acids is 1. The maximum Gasteiger partial charge on any atom is 0.306 e. The molecule has 9 nitrogen and oxygen atoms in total. The zero-order chi connectivity index (χ0) is 67.5. The number of carboxylic acids is 1. The molecular formula is C84H161NO8. The third-order valence-corrected chi connectivity index (χ3v) is 19.2. The number of ether oxygens (including phenoxy) is 4. The number of likely N-dealkylation sites (N-methyl/N-ethyl adjacent to an activating group) is 1. The topological polar surface area (TPSA) is 111 Å². The molecule has 0 aliphatic carbocycles. The maximum absolute atomic E-state index is 13.0. The van der Waals surface area contributed by atoms with Crippen LogP contribution in [0.2, 0.25) is 0 Å². The van der Waals surface area contributed by atoms with Crippen LogP contribution in [0, 0.1) is 0 Å². The summed E-state index contributed by atoms with van der Waals surface area (Å²) in [5.41, 5.74) is 0. The van der Waals surface area contributed by atoms with Crippen molar-refractivity contribution >= 4 is 17.9 Å². The largest absolute Gasteiger partial charge is 0.545 e. The molecule has 0 heterocycles. The van der Waals surface area contributed by atoms with Crippen LogP contribution < -0.4 is 5.11 Å². The fraction of sp³-hybridized carbons (Fsp3) is 0.917. The van der Waals surface area contributed by atoms with E-state index in [1.165, 1.54) is 372 Å². The molecule has 93 heavy (non-hydrogen) atoms. The van der Waals surface area contributed by atoms with E-state index in [2.05, 4.69) is 38.2 Å². The summed E-state index contributed by atoms with van der Waals surface area (Å²) in [7, 11) is 5.96. The van der Waals surface area contributed by atoms with Gasteiger partial charge in [-0.15, -0.1) is 0 Å². The standard InChI is InChI=1S/C84H161NO8/c1-6-8-10-12-14-16-18-20-22-24-26-28-30-32-34-36-38-40-41-43-45-47-49-51-53-55-57-59-61-63-65-67-69-71-73-75-82(87)93-80(79-92-84(83(88)89)90-77-76-85(3,4)5)78-91-81(86)74-72-70-68-66-64-62-60-58-56-54-52-50-48-46-44-42-39-37-35-33-31-29-27-25-23-21-19-17-15-13-11-9-7-2/h24-27,80,84H,6-23,28-79H2,1-5H3/b26-24-,27-25-. The lowest BCUT2D eigenvalue weighted by Crippen LogP contribution is -2.44. The van der Waals surface area contributed by atoms with E-state index in [1.54, 1.807) is 0 Å². The minimum atomic E-state index is -1.62. The van der Waals surface area contributed by atoms with Crippen LogP contribution in [0.15, 0.2) is 24.3 Å². The molecule has 0 fully saturated rings. The Morgan fingerprint density at radius 3 is 0.796 bits per heavy atom. The number of hydrogen-bond acceptors (Lipinski definition) is 8. The minimum Gasteiger partial charge on any atom is -0.545 e. The molecule has 2 atom stereocenters. The molecule has 0 bridgehead atoms. The molecule has 0 radical (unpaired) electrons. The second kappa shape index (κ2) is 75.5. The number of nitrogens with zero attached hydrogens (tertiary/aromatic N) is 1. The molecule has 0 N–H and O–H groups in total. The lowest BCUT2D eigenvalue weighted by Gasteiger charge is -2.26. The van der Waals surface area contributed by atoms with E-state index >= 15 is 0 Å². The highest BCUT2D eigenvalue weighted by atomic mass is 16.7. The molecule has 0 aliphatic heterocycles. The molecule has 550 valence electrons. The van der Waals surface area contributed by atoms with E-state index in [4.69, 9.17) is 18.9 Å². The van der Waals surface area contributed by atoms with Crippen molar-refractivity contribution < 1.29 is 42.9 Å². The number of carbonyl (C=O) groups is 3. The van der Waals surface area contributed by atoms with E-state index in [0.717, 1.165) is 38.5 Å². The SMILES string of the molecule is CCCCCCCCCC/C=C\CCCCCCCCCCCCCCCCCCCCCCCCCC(=O)OC(COC(=O)CCCCCCCCCCCCCCCCCCCCCCC/C=C\CCCCCCCCCC)COC(OCC[N+](C)(C)C)C(=O)[O-]. The number of rotatable bonds is 79. The zero-order valence-corrected chi connectivity index (χ0v) is 63.2. The average molecular weight is 1310 g/mol. The summed E-state index contributed by atoms with van der Waals surface area (Å²) in [6, 6.07) is 0. The van der Waals surface area contributed by atoms with Gasteiger partial charge in [0.15, 0.2) is 12.4 Å². The van der Waals surface area contributed by atoms with Gasteiger partial charge < -0.3 is 33.3 Å². The number of carboxylic acid groups (broad SMARTS) is 1. The lowest BCUT2D eigenvalue weighted by atomic mass is 10.0. The van der Waals surface area contributed by atoms with E-state index in [1.807, 2.05) is 21.1 Å². The highest BCUT2D eigenvalue weighted by molar-refractivity contribution is 5.70. The van der Waals surface area contributed by atoms with Crippen LogP contribution in [-0.4, -0.2) is 82.3 Å². The first kappa shape index (κ1) is 90.8. The van der Waals surface area contributed by atoms with Crippen LogP contribution in [0.3, 0.4) is 0 Å². The maximum atomic E-state index is 13.0. The molecule has 0 aromatic carbocycles. The molecule has 0 aromatic rings. The number of carbonyl (C=O) groups excluding carboxylic acids is 3. The molecule has 0 saturated heterocycles. The van der Waals surface area contributed by atoms with E-state index in [-0.39, 0.29) is 32.2 Å². The van der Waals surface area contributed by atoms with Crippen LogP contribution in [0.25, 0.3) is 0 Å². The molecule has 0 rings (SSSR count). The molecule has 0 amide bonds. The first-order valence-corrected chi connectivity index (χ1v) is 41.5. The van der Waals surface area contributed by atoms with Crippen LogP contribution >= 0.6 is 0 Å². The first-order valence-electron chi connectivity index (χ1n) is 41.5. The summed E-state index contributed by atoms with van der Waals surface area (Å²) in [4.78, 5) is 37.6. The van der Waals surface area contributed by atoms with Gasteiger partial charge in [-0.25, -0.2) is 0 Å². The van der Waals surface area contributed by atoms with Crippen LogP contribution in [0.5, 0.6) is 0 Å². The average Bonchev–Trinajstić information content (AvgIpc) is 3.74. The Kier molecular flexibility index (Phi) is 73.7. The van der Waals surface area contributed by atoms with Gasteiger partial charge >= 0.3 is 11.9 Å². The van der Waals surface area contributed by atoms with Crippen molar-refractivity contribution in [3.63, 3.8) is 0 Å². The van der Waals surface area contributed by atoms with Crippen LogP contribution in [0.1, 0.15) is 438 Å². The third kappa shape index (κ3) is 77.0. The first-order chi connectivity index (χ1) is 45.6. The third-order valence-electron chi connectivity index (χ3n) is 19.2. The predicted octanol–water partition coefficient (Wildman–Crippen LogP) is 25.2. The van der Waals surface area contributed by atoms with E-state index in [9.17, 15) is 19.5 Å². The Balaban J connectivity index is 3.94. The Bertz CT molecular complexity index is 1580. The monoisotopic (exact) mass is 1310 g/mol. The van der Waals surface area contributed by atoms with Crippen molar-refractivity contribution in [3.05, 3.63) is 24.3 Å². The van der Waals surface area contributed by atoms with Gasteiger partial charge in [-0.2, -0.15) is 0 Å². The predicted molar refractivity (Wildman–Crippen MR) is 399 cm³/mol. The van der Waals surface area contributed by atoms with Gasteiger partial charge in [0, 0.05) is 12.8 Å². The summed E-state index contributed by atoms with van der Waals surface area (Å²) in [5.74, 6) is -2.24. The molecule has 0 aromatic heterocycles. The second-order valence-corrected chi connectivity index (χ2v) is 29.8.